The van der Waals surface area contributed by atoms with Gasteiger partial charge in [-0.25, -0.2) is 9.78 Å². The lowest BCUT2D eigenvalue weighted by molar-refractivity contribution is -0.385. The van der Waals surface area contributed by atoms with E-state index in [1.54, 1.807) is 23.3 Å². The number of rotatable bonds is 5. The first-order valence-corrected chi connectivity index (χ1v) is 6.48. The Hall–Kier alpha value is -2.48. The zero-order valence-corrected chi connectivity index (χ0v) is 11.3. The summed E-state index contributed by atoms with van der Waals surface area (Å²) in [4.78, 5) is 27.8. The standard InChI is InChI=1S/C12H11N3O4S/c1-14(7-8-3-2-4-20-8)11-5-9(12(16)17)10(6-13-11)15(18)19/h2-6H,7H2,1H3,(H,16,17). The SMILES string of the molecule is CN(Cc1cccs1)c1cc(C(=O)O)c([N+](=O)[O-])cn1. The summed E-state index contributed by atoms with van der Waals surface area (Å²) in [5, 5.41) is 21.7. The molecule has 0 atom stereocenters. The highest BCUT2D eigenvalue weighted by molar-refractivity contribution is 7.09. The van der Waals surface area contributed by atoms with E-state index in [1.807, 2.05) is 17.5 Å². The first-order valence-electron chi connectivity index (χ1n) is 5.60. The van der Waals surface area contributed by atoms with Gasteiger partial charge < -0.3 is 10.0 Å². The molecule has 0 bridgehead atoms. The lowest BCUT2D eigenvalue weighted by Crippen LogP contribution is -2.18. The summed E-state index contributed by atoms with van der Waals surface area (Å²) in [5.74, 6) is -0.966. The van der Waals surface area contributed by atoms with Crippen LogP contribution in [0.15, 0.2) is 29.8 Å². The number of aromatic carboxylic acids is 1. The second-order valence-corrected chi connectivity index (χ2v) is 5.09. The van der Waals surface area contributed by atoms with Crippen LogP contribution in [0, 0.1) is 10.1 Å². The van der Waals surface area contributed by atoms with Gasteiger partial charge in [-0.15, -0.1) is 11.3 Å². The van der Waals surface area contributed by atoms with E-state index in [9.17, 15) is 14.9 Å². The highest BCUT2D eigenvalue weighted by atomic mass is 32.1. The van der Waals surface area contributed by atoms with Gasteiger partial charge >= 0.3 is 11.7 Å². The van der Waals surface area contributed by atoms with Crippen LogP contribution in [0.25, 0.3) is 0 Å². The van der Waals surface area contributed by atoms with Gasteiger partial charge in [-0.2, -0.15) is 0 Å². The zero-order chi connectivity index (χ0) is 14.7. The van der Waals surface area contributed by atoms with E-state index in [0.717, 1.165) is 11.1 Å². The first kappa shape index (κ1) is 13.9. The van der Waals surface area contributed by atoms with Gasteiger partial charge in [0.15, 0.2) is 0 Å². The van der Waals surface area contributed by atoms with Crippen LogP contribution in [0.5, 0.6) is 0 Å². The van der Waals surface area contributed by atoms with E-state index in [1.165, 1.54) is 6.07 Å². The van der Waals surface area contributed by atoms with Crippen LogP contribution >= 0.6 is 11.3 Å². The minimum Gasteiger partial charge on any atom is -0.477 e. The molecular weight excluding hydrogens is 282 g/mol. The molecule has 0 unspecified atom stereocenters. The number of nitrogens with zero attached hydrogens (tertiary/aromatic N) is 3. The molecule has 0 saturated heterocycles. The van der Waals surface area contributed by atoms with Crippen molar-refractivity contribution in [1.29, 1.82) is 0 Å². The van der Waals surface area contributed by atoms with Gasteiger partial charge in [-0.05, 0) is 11.4 Å². The molecule has 7 nitrogen and oxygen atoms in total. The third-order valence-electron chi connectivity index (χ3n) is 2.66. The van der Waals surface area contributed by atoms with E-state index >= 15 is 0 Å². The summed E-state index contributed by atoms with van der Waals surface area (Å²) < 4.78 is 0. The quantitative estimate of drug-likeness (QED) is 0.671. The summed E-state index contributed by atoms with van der Waals surface area (Å²) in [6, 6.07) is 5.08. The number of thiophene rings is 1. The lowest BCUT2D eigenvalue weighted by Gasteiger charge is -2.17. The Morgan fingerprint density at radius 3 is 2.90 bits per heavy atom. The smallest absolute Gasteiger partial charge is 0.342 e. The van der Waals surface area contributed by atoms with Gasteiger partial charge in [-0.3, -0.25) is 10.1 Å². The Bertz CT molecular complexity index is 642. The molecule has 0 aliphatic heterocycles. The van der Waals surface area contributed by atoms with Crippen molar-refractivity contribution < 1.29 is 14.8 Å². The summed E-state index contributed by atoms with van der Waals surface area (Å²) in [5.41, 5.74) is -0.871. The minimum absolute atomic E-state index is 0.363. The number of carboxylic acids is 1. The van der Waals surface area contributed by atoms with E-state index in [2.05, 4.69) is 4.98 Å². The number of aromatic nitrogens is 1. The molecule has 2 aromatic rings. The fourth-order valence-corrected chi connectivity index (χ4v) is 2.44. The van der Waals surface area contributed by atoms with Gasteiger partial charge in [0.2, 0.25) is 0 Å². The van der Waals surface area contributed by atoms with Crippen molar-refractivity contribution in [2.75, 3.05) is 11.9 Å². The molecule has 2 aromatic heterocycles. The predicted molar refractivity (Wildman–Crippen MR) is 74.3 cm³/mol. The van der Waals surface area contributed by atoms with Crippen molar-refractivity contribution in [3.63, 3.8) is 0 Å². The largest absolute Gasteiger partial charge is 0.477 e. The van der Waals surface area contributed by atoms with Crippen molar-refractivity contribution in [3.05, 3.63) is 50.3 Å². The van der Waals surface area contributed by atoms with Crippen LogP contribution in [0.1, 0.15) is 15.2 Å². The average molecular weight is 293 g/mol. The molecule has 0 fully saturated rings. The summed E-state index contributed by atoms with van der Waals surface area (Å²) in [6.45, 7) is 0.557. The van der Waals surface area contributed by atoms with Crippen molar-refractivity contribution in [1.82, 2.24) is 4.98 Å². The Morgan fingerprint density at radius 1 is 1.60 bits per heavy atom. The molecule has 104 valence electrons. The Balaban J connectivity index is 2.31. The average Bonchev–Trinajstić information content (AvgIpc) is 2.90. The van der Waals surface area contributed by atoms with Crippen LogP contribution < -0.4 is 4.90 Å². The number of hydrogen-bond donors (Lipinski definition) is 1. The van der Waals surface area contributed by atoms with Gasteiger partial charge in [0.1, 0.15) is 17.6 Å². The van der Waals surface area contributed by atoms with Crippen molar-refractivity contribution in [2.24, 2.45) is 0 Å². The molecule has 0 radical (unpaired) electrons. The van der Waals surface area contributed by atoms with Crippen LogP contribution in [0.4, 0.5) is 11.5 Å². The van der Waals surface area contributed by atoms with Crippen LogP contribution in [-0.2, 0) is 6.54 Å². The van der Waals surface area contributed by atoms with E-state index in [4.69, 9.17) is 5.11 Å². The number of carbonyl (C=O) groups is 1. The molecule has 0 aromatic carbocycles. The Labute approximate surface area is 118 Å². The summed E-state index contributed by atoms with van der Waals surface area (Å²) >= 11 is 1.57. The summed E-state index contributed by atoms with van der Waals surface area (Å²) in [7, 11) is 1.75. The maximum absolute atomic E-state index is 11.1. The third kappa shape index (κ3) is 2.91. The molecule has 8 heteroatoms. The van der Waals surface area contributed by atoms with Crippen molar-refractivity contribution in [2.45, 2.75) is 6.54 Å². The molecule has 0 aliphatic rings. The molecule has 2 rings (SSSR count). The maximum Gasteiger partial charge on any atom is 0.342 e. The highest BCUT2D eigenvalue weighted by Crippen LogP contribution is 2.23. The molecule has 0 saturated carbocycles. The monoisotopic (exact) mass is 293 g/mol. The molecule has 20 heavy (non-hydrogen) atoms. The molecule has 0 spiro atoms. The topological polar surface area (TPSA) is 96.6 Å². The number of hydrogen-bond acceptors (Lipinski definition) is 6. The number of carboxylic acid groups (broad SMARTS) is 1. The molecule has 2 heterocycles. The molecular formula is C12H11N3O4S. The Morgan fingerprint density at radius 2 is 2.35 bits per heavy atom. The normalized spacial score (nSPS) is 10.2. The highest BCUT2D eigenvalue weighted by Gasteiger charge is 2.22. The lowest BCUT2D eigenvalue weighted by atomic mass is 10.2. The number of anilines is 1. The zero-order valence-electron chi connectivity index (χ0n) is 10.5. The molecule has 0 amide bonds. The summed E-state index contributed by atoms with van der Waals surface area (Å²) in [6.07, 6.45) is 0.976. The van der Waals surface area contributed by atoms with Crippen LogP contribution in [0.2, 0.25) is 0 Å². The van der Waals surface area contributed by atoms with Crippen LogP contribution in [-0.4, -0.2) is 28.0 Å². The second-order valence-electron chi connectivity index (χ2n) is 4.06. The fraction of sp³-hybridized carbons (Fsp3) is 0.167. The number of nitro groups is 1. The van der Waals surface area contributed by atoms with Crippen LogP contribution in [0.3, 0.4) is 0 Å². The number of pyridine rings is 1. The second kappa shape index (κ2) is 5.66. The van der Waals surface area contributed by atoms with E-state index < -0.39 is 16.6 Å². The minimum atomic E-state index is -1.34. The van der Waals surface area contributed by atoms with E-state index in [0.29, 0.717) is 12.4 Å². The maximum atomic E-state index is 11.1. The Kier molecular flexibility index (Phi) is 3.94. The third-order valence-corrected chi connectivity index (χ3v) is 3.52. The predicted octanol–water partition coefficient (Wildman–Crippen LogP) is 2.39. The van der Waals surface area contributed by atoms with Gasteiger partial charge in [0.25, 0.3) is 0 Å². The first-order chi connectivity index (χ1) is 9.49. The molecule has 0 aliphatic carbocycles. The fourth-order valence-electron chi connectivity index (χ4n) is 1.68. The van der Waals surface area contributed by atoms with Gasteiger partial charge in [0, 0.05) is 18.0 Å². The molecule has 1 N–H and O–H groups in total. The van der Waals surface area contributed by atoms with Crippen molar-refractivity contribution in [3.8, 4) is 0 Å². The van der Waals surface area contributed by atoms with Crippen molar-refractivity contribution >= 4 is 28.8 Å². The van der Waals surface area contributed by atoms with E-state index in [-0.39, 0.29) is 5.56 Å². The van der Waals surface area contributed by atoms with Gasteiger partial charge in [-0.1, -0.05) is 6.07 Å². The van der Waals surface area contributed by atoms with Gasteiger partial charge in [0.05, 0.1) is 11.5 Å².